The zero-order valence-corrected chi connectivity index (χ0v) is 13.3. The van der Waals surface area contributed by atoms with Crippen LogP contribution in [-0.4, -0.2) is 31.0 Å². The van der Waals surface area contributed by atoms with Crippen LogP contribution in [0, 0.1) is 0 Å². The van der Waals surface area contributed by atoms with Crippen molar-refractivity contribution in [2.45, 2.75) is 39.3 Å². The SMILES string of the molecule is C[Si](C)(C)O[As](Cl)O[Si](C)(C)C. The van der Waals surface area contributed by atoms with E-state index in [9.17, 15) is 0 Å². The Morgan fingerprint density at radius 2 is 1.08 bits per heavy atom. The maximum absolute atomic E-state index is 6.02. The first-order valence-corrected chi connectivity index (χ1v) is 14.8. The molecular formula is C6H18AsClO2Si2. The fourth-order valence-corrected chi connectivity index (χ4v) is 14.0. The van der Waals surface area contributed by atoms with Crippen LogP contribution in [-0.2, 0) is 6.83 Å². The first kappa shape index (κ1) is 13.2. The molecule has 0 radical (unpaired) electrons. The normalized spacial score (nSPS) is 14.0. The predicted molar refractivity (Wildman–Crippen MR) is 60.5 cm³/mol. The van der Waals surface area contributed by atoms with Gasteiger partial charge in [0, 0.05) is 0 Å². The molecule has 0 aliphatic rings. The van der Waals surface area contributed by atoms with E-state index in [-0.39, 0.29) is 0 Å². The summed E-state index contributed by atoms with van der Waals surface area (Å²) < 4.78 is 11.4. The van der Waals surface area contributed by atoms with E-state index in [1.165, 1.54) is 0 Å². The average molecular weight is 289 g/mol. The van der Waals surface area contributed by atoms with Gasteiger partial charge in [-0.2, -0.15) is 0 Å². The van der Waals surface area contributed by atoms with Crippen molar-refractivity contribution in [3.8, 4) is 0 Å². The van der Waals surface area contributed by atoms with Gasteiger partial charge in [-0.15, -0.1) is 0 Å². The van der Waals surface area contributed by atoms with Crippen molar-refractivity contribution in [2.24, 2.45) is 0 Å². The van der Waals surface area contributed by atoms with Crippen LogP contribution in [0.5, 0.6) is 0 Å². The molecule has 0 spiro atoms. The number of hydrogen-bond donors (Lipinski definition) is 0. The van der Waals surface area contributed by atoms with Crippen molar-refractivity contribution in [1.29, 1.82) is 0 Å². The Bertz CT molecular complexity index is 127. The molecule has 0 saturated carbocycles. The molecule has 0 aromatic rings. The molecule has 0 aromatic heterocycles. The first-order valence-electron chi connectivity index (χ1n) is 3.94. The van der Waals surface area contributed by atoms with Crippen LogP contribution < -0.4 is 0 Å². The van der Waals surface area contributed by atoms with Crippen molar-refractivity contribution in [1.82, 2.24) is 0 Å². The fourth-order valence-electron chi connectivity index (χ4n) is 0.449. The van der Waals surface area contributed by atoms with Crippen molar-refractivity contribution in [2.75, 3.05) is 0 Å². The van der Waals surface area contributed by atoms with E-state index in [4.69, 9.17) is 16.8 Å². The van der Waals surface area contributed by atoms with E-state index in [1.54, 1.807) is 0 Å². The molecule has 0 atom stereocenters. The van der Waals surface area contributed by atoms with Crippen molar-refractivity contribution in [3.05, 3.63) is 0 Å². The minimum atomic E-state index is -1.92. The molecule has 0 amide bonds. The molecule has 0 rings (SSSR count). The van der Waals surface area contributed by atoms with Gasteiger partial charge in [-0.25, -0.2) is 0 Å². The van der Waals surface area contributed by atoms with Crippen LogP contribution in [0.2, 0.25) is 39.3 Å². The molecule has 0 aliphatic carbocycles. The molecule has 0 N–H and O–H groups in total. The van der Waals surface area contributed by atoms with Crippen LogP contribution in [0.25, 0.3) is 0 Å². The summed E-state index contributed by atoms with van der Waals surface area (Å²) in [5, 5.41) is 0. The Labute approximate surface area is 87.0 Å². The average Bonchev–Trinajstić information content (AvgIpc) is 1.49. The zero-order valence-electron chi connectivity index (χ0n) is 8.64. The first-order chi connectivity index (χ1) is 5.10. The topological polar surface area (TPSA) is 18.5 Å². The van der Waals surface area contributed by atoms with Crippen molar-refractivity contribution in [3.63, 3.8) is 0 Å². The van der Waals surface area contributed by atoms with Gasteiger partial charge in [0.25, 0.3) is 0 Å². The van der Waals surface area contributed by atoms with Gasteiger partial charge >= 0.3 is 87.1 Å². The Kier molecular flexibility index (Phi) is 5.08. The van der Waals surface area contributed by atoms with Gasteiger partial charge in [-0.1, -0.05) is 0 Å². The quantitative estimate of drug-likeness (QED) is 0.741. The third kappa shape index (κ3) is 9.29. The zero-order chi connectivity index (χ0) is 9.99. The maximum atomic E-state index is 6.02. The second kappa shape index (κ2) is 4.62. The standard InChI is InChI=1S/C6H18AsClO2Si2/c1-11(2,3)9-7(8)10-12(4,5)6/h1-6H3. The molecule has 0 aromatic carbocycles. The summed E-state index contributed by atoms with van der Waals surface area (Å²) in [6.45, 7) is 12.8. The third-order valence-corrected chi connectivity index (χ3v) is 12.9. The van der Waals surface area contributed by atoms with E-state index in [0.29, 0.717) is 0 Å². The van der Waals surface area contributed by atoms with E-state index in [2.05, 4.69) is 39.3 Å². The molecule has 2 nitrogen and oxygen atoms in total. The Morgan fingerprint density at radius 3 is 1.25 bits per heavy atom. The molecule has 0 heterocycles. The molecule has 0 aliphatic heterocycles. The van der Waals surface area contributed by atoms with E-state index < -0.39 is 31.0 Å². The van der Waals surface area contributed by atoms with Gasteiger partial charge in [0.2, 0.25) is 0 Å². The molecule has 0 bridgehead atoms. The van der Waals surface area contributed by atoms with Gasteiger partial charge in [0.05, 0.1) is 0 Å². The predicted octanol–water partition coefficient (Wildman–Crippen LogP) is 2.91. The van der Waals surface area contributed by atoms with Gasteiger partial charge in [0.1, 0.15) is 0 Å². The third-order valence-electron chi connectivity index (χ3n) is 0.691. The second-order valence-electron chi connectivity index (χ2n) is 4.62. The summed E-state index contributed by atoms with van der Waals surface area (Å²) >= 11 is -1.92. The van der Waals surface area contributed by atoms with Crippen LogP contribution in [0.4, 0.5) is 0 Å². The van der Waals surface area contributed by atoms with Crippen LogP contribution in [0.3, 0.4) is 0 Å². The number of halogens is 1. The Hall–Kier alpha value is 1.20. The summed E-state index contributed by atoms with van der Waals surface area (Å²) in [7, 11) is 3.04. The van der Waals surface area contributed by atoms with Gasteiger partial charge in [-0.05, 0) is 0 Å². The van der Waals surface area contributed by atoms with Gasteiger partial charge in [0.15, 0.2) is 0 Å². The minimum absolute atomic E-state index is 1.49. The molecule has 74 valence electrons. The summed E-state index contributed by atoms with van der Waals surface area (Å²) in [6.07, 6.45) is 0. The van der Waals surface area contributed by atoms with E-state index in [0.717, 1.165) is 0 Å². The Balaban J connectivity index is 3.83. The molecular weight excluding hydrogens is 271 g/mol. The Morgan fingerprint density at radius 1 is 0.833 bits per heavy atom. The molecule has 0 saturated heterocycles. The van der Waals surface area contributed by atoms with Crippen LogP contribution >= 0.6 is 9.95 Å². The monoisotopic (exact) mass is 288 g/mol. The molecule has 0 fully saturated rings. The molecule has 12 heavy (non-hydrogen) atoms. The summed E-state index contributed by atoms with van der Waals surface area (Å²) in [5.41, 5.74) is 0. The number of rotatable bonds is 4. The number of hydrogen-bond acceptors (Lipinski definition) is 2. The van der Waals surface area contributed by atoms with Gasteiger partial charge < -0.3 is 0 Å². The van der Waals surface area contributed by atoms with Crippen molar-refractivity contribution >= 4 is 41.0 Å². The van der Waals surface area contributed by atoms with Crippen molar-refractivity contribution < 1.29 is 6.83 Å². The van der Waals surface area contributed by atoms with E-state index in [1.807, 2.05) is 0 Å². The van der Waals surface area contributed by atoms with Crippen LogP contribution in [0.15, 0.2) is 0 Å². The van der Waals surface area contributed by atoms with E-state index >= 15 is 0 Å². The van der Waals surface area contributed by atoms with Gasteiger partial charge in [-0.3, -0.25) is 0 Å². The molecule has 0 unspecified atom stereocenters. The summed E-state index contributed by atoms with van der Waals surface area (Å²) in [6, 6.07) is 0. The fraction of sp³-hybridized carbons (Fsp3) is 1.00. The molecule has 6 heteroatoms. The second-order valence-corrected chi connectivity index (χ2v) is 18.1. The van der Waals surface area contributed by atoms with Crippen LogP contribution in [0.1, 0.15) is 0 Å². The summed E-state index contributed by atoms with van der Waals surface area (Å²) in [4.78, 5) is 0. The summed E-state index contributed by atoms with van der Waals surface area (Å²) in [5.74, 6) is 0.